The van der Waals surface area contributed by atoms with E-state index in [1.807, 2.05) is 37.3 Å². The highest BCUT2D eigenvalue weighted by molar-refractivity contribution is 5.44. The van der Waals surface area contributed by atoms with Gasteiger partial charge < -0.3 is 19.9 Å². The van der Waals surface area contributed by atoms with Crippen LogP contribution in [0.4, 0.5) is 0 Å². The molecule has 5 nitrogen and oxygen atoms in total. The molecule has 0 spiro atoms. The second-order valence-electron chi connectivity index (χ2n) is 4.68. The van der Waals surface area contributed by atoms with E-state index in [2.05, 4.69) is 4.98 Å². The van der Waals surface area contributed by atoms with Crippen molar-refractivity contribution in [2.24, 2.45) is 5.73 Å². The number of fused-ring (bicyclic) bond motifs is 1. The molecule has 1 atom stereocenters. The van der Waals surface area contributed by atoms with Crippen molar-refractivity contribution in [3.05, 3.63) is 47.8 Å². The molecular weight excluding hydrogens is 256 g/mol. The summed E-state index contributed by atoms with van der Waals surface area (Å²) in [6, 6.07) is 9.44. The monoisotopic (exact) mass is 272 g/mol. The van der Waals surface area contributed by atoms with Crippen LogP contribution < -0.4 is 19.9 Å². The second kappa shape index (κ2) is 5.38. The Kier molecular flexibility index (Phi) is 3.43. The number of ether oxygens (including phenoxy) is 3. The Bertz CT molecular complexity index is 597. The zero-order chi connectivity index (χ0) is 13.9. The lowest BCUT2D eigenvalue weighted by atomic mass is 10.2. The Morgan fingerprint density at radius 3 is 2.85 bits per heavy atom. The van der Waals surface area contributed by atoms with E-state index in [1.165, 1.54) is 0 Å². The van der Waals surface area contributed by atoms with Crippen molar-refractivity contribution in [2.45, 2.75) is 19.6 Å². The Hall–Kier alpha value is -2.27. The minimum atomic E-state index is -0.0714. The van der Waals surface area contributed by atoms with Gasteiger partial charge in [-0.05, 0) is 36.8 Å². The van der Waals surface area contributed by atoms with Crippen LogP contribution >= 0.6 is 0 Å². The average molecular weight is 272 g/mol. The molecule has 0 bridgehead atoms. The average Bonchev–Trinajstić information content (AvgIpc) is 2.93. The lowest BCUT2D eigenvalue weighted by Crippen LogP contribution is -2.07. The highest BCUT2D eigenvalue weighted by atomic mass is 16.7. The lowest BCUT2D eigenvalue weighted by molar-refractivity contribution is 0.174. The summed E-state index contributed by atoms with van der Waals surface area (Å²) in [4.78, 5) is 4.25. The van der Waals surface area contributed by atoms with Crippen LogP contribution in [0.1, 0.15) is 24.2 Å². The molecule has 0 aliphatic carbocycles. The zero-order valence-electron chi connectivity index (χ0n) is 11.2. The van der Waals surface area contributed by atoms with Gasteiger partial charge in [0, 0.05) is 6.04 Å². The van der Waals surface area contributed by atoms with Crippen molar-refractivity contribution in [1.82, 2.24) is 4.98 Å². The molecule has 1 aliphatic rings. The Morgan fingerprint density at radius 1 is 1.25 bits per heavy atom. The zero-order valence-corrected chi connectivity index (χ0v) is 11.2. The van der Waals surface area contributed by atoms with E-state index < -0.39 is 0 Å². The number of hydrogen-bond donors (Lipinski definition) is 1. The third-order valence-corrected chi connectivity index (χ3v) is 3.07. The van der Waals surface area contributed by atoms with Gasteiger partial charge >= 0.3 is 0 Å². The normalized spacial score (nSPS) is 14.1. The molecule has 0 radical (unpaired) electrons. The van der Waals surface area contributed by atoms with Gasteiger partial charge in [-0.2, -0.15) is 0 Å². The van der Waals surface area contributed by atoms with E-state index in [-0.39, 0.29) is 12.8 Å². The standard InChI is InChI=1S/C15H16N2O3/c1-10(16)13-4-3-12(7-17-13)18-8-11-2-5-14-15(6-11)20-9-19-14/h2-7,10H,8-9,16H2,1H3/t10-/m0/s1. The molecule has 1 aromatic carbocycles. The van der Waals surface area contributed by atoms with Crippen LogP contribution in [0.25, 0.3) is 0 Å². The molecule has 0 fully saturated rings. The molecule has 3 rings (SSSR count). The number of aromatic nitrogens is 1. The number of benzene rings is 1. The largest absolute Gasteiger partial charge is 0.487 e. The Balaban J connectivity index is 1.64. The van der Waals surface area contributed by atoms with Gasteiger partial charge in [-0.1, -0.05) is 6.07 Å². The van der Waals surface area contributed by atoms with Crippen LogP contribution in [0.3, 0.4) is 0 Å². The van der Waals surface area contributed by atoms with E-state index in [1.54, 1.807) is 6.20 Å². The van der Waals surface area contributed by atoms with Gasteiger partial charge in [-0.3, -0.25) is 4.98 Å². The summed E-state index contributed by atoms with van der Waals surface area (Å²) >= 11 is 0. The summed E-state index contributed by atoms with van der Waals surface area (Å²) in [5, 5.41) is 0. The van der Waals surface area contributed by atoms with Crippen molar-refractivity contribution in [3.8, 4) is 17.2 Å². The third-order valence-electron chi connectivity index (χ3n) is 3.07. The molecule has 1 aliphatic heterocycles. The first kappa shape index (κ1) is 12.7. The van der Waals surface area contributed by atoms with Crippen molar-refractivity contribution < 1.29 is 14.2 Å². The van der Waals surface area contributed by atoms with Gasteiger partial charge in [0.15, 0.2) is 11.5 Å². The molecule has 2 N–H and O–H groups in total. The SMILES string of the molecule is C[C@H](N)c1ccc(OCc2ccc3c(c2)OCO3)cn1. The van der Waals surface area contributed by atoms with Crippen molar-refractivity contribution in [3.63, 3.8) is 0 Å². The van der Waals surface area contributed by atoms with Gasteiger partial charge in [-0.15, -0.1) is 0 Å². The van der Waals surface area contributed by atoms with Gasteiger partial charge in [0.25, 0.3) is 0 Å². The number of pyridine rings is 1. The maximum Gasteiger partial charge on any atom is 0.231 e. The van der Waals surface area contributed by atoms with Gasteiger partial charge in [0.2, 0.25) is 6.79 Å². The van der Waals surface area contributed by atoms with Crippen molar-refractivity contribution in [1.29, 1.82) is 0 Å². The fourth-order valence-electron chi connectivity index (χ4n) is 1.94. The van der Waals surface area contributed by atoms with E-state index in [0.717, 1.165) is 22.8 Å². The van der Waals surface area contributed by atoms with Crippen molar-refractivity contribution in [2.75, 3.05) is 6.79 Å². The topological polar surface area (TPSA) is 66.6 Å². The second-order valence-corrected chi connectivity index (χ2v) is 4.68. The third kappa shape index (κ3) is 2.67. The molecule has 0 saturated heterocycles. The molecule has 1 aromatic heterocycles. The van der Waals surface area contributed by atoms with E-state index in [4.69, 9.17) is 19.9 Å². The Labute approximate surface area is 117 Å². The minimum absolute atomic E-state index is 0.0714. The van der Waals surface area contributed by atoms with Crippen LogP contribution in [0.5, 0.6) is 17.2 Å². The molecule has 104 valence electrons. The quantitative estimate of drug-likeness (QED) is 0.925. The first-order chi connectivity index (χ1) is 9.72. The summed E-state index contributed by atoms with van der Waals surface area (Å²) in [7, 11) is 0. The summed E-state index contributed by atoms with van der Waals surface area (Å²) in [6.07, 6.45) is 1.69. The molecule has 2 heterocycles. The number of rotatable bonds is 4. The minimum Gasteiger partial charge on any atom is -0.487 e. The van der Waals surface area contributed by atoms with Crippen molar-refractivity contribution >= 4 is 0 Å². The number of nitrogens with two attached hydrogens (primary N) is 1. The van der Waals surface area contributed by atoms with Gasteiger partial charge in [-0.25, -0.2) is 0 Å². The smallest absolute Gasteiger partial charge is 0.231 e. The summed E-state index contributed by atoms with van der Waals surface area (Å²) in [5.74, 6) is 2.25. The summed E-state index contributed by atoms with van der Waals surface area (Å²) < 4.78 is 16.3. The highest BCUT2D eigenvalue weighted by Gasteiger charge is 2.13. The van der Waals surface area contributed by atoms with Crippen LogP contribution in [0.2, 0.25) is 0 Å². The molecule has 5 heteroatoms. The first-order valence-electron chi connectivity index (χ1n) is 6.45. The van der Waals surface area contributed by atoms with Crippen LogP contribution in [-0.4, -0.2) is 11.8 Å². The van der Waals surface area contributed by atoms with Gasteiger partial charge in [0.1, 0.15) is 12.4 Å². The summed E-state index contributed by atoms with van der Waals surface area (Å²) in [5.41, 5.74) is 7.62. The molecule has 2 aromatic rings. The van der Waals surface area contributed by atoms with Crippen LogP contribution in [0.15, 0.2) is 36.5 Å². The highest BCUT2D eigenvalue weighted by Crippen LogP contribution is 2.32. The fraction of sp³-hybridized carbons (Fsp3) is 0.267. The first-order valence-corrected chi connectivity index (χ1v) is 6.45. The van der Waals surface area contributed by atoms with E-state index in [0.29, 0.717) is 12.4 Å². The summed E-state index contributed by atoms with van der Waals surface area (Å²) in [6.45, 7) is 2.63. The van der Waals surface area contributed by atoms with E-state index in [9.17, 15) is 0 Å². The molecular formula is C15H16N2O3. The number of hydrogen-bond acceptors (Lipinski definition) is 5. The fourth-order valence-corrected chi connectivity index (χ4v) is 1.94. The predicted octanol–water partition coefficient (Wildman–Crippen LogP) is 2.41. The Morgan fingerprint density at radius 2 is 2.10 bits per heavy atom. The molecule has 20 heavy (non-hydrogen) atoms. The van der Waals surface area contributed by atoms with Crippen LogP contribution in [-0.2, 0) is 6.61 Å². The lowest BCUT2D eigenvalue weighted by Gasteiger charge is -2.08. The molecule has 0 amide bonds. The number of nitrogens with zero attached hydrogens (tertiary/aromatic N) is 1. The molecule has 0 saturated carbocycles. The van der Waals surface area contributed by atoms with E-state index >= 15 is 0 Å². The maximum absolute atomic E-state index is 5.75. The molecule has 0 unspecified atom stereocenters. The van der Waals surface area contributed by atoms with Crippen LogP contribution in [0, 0.1) is 0 Å². The maximum atomic E-state index is 5.75. The van der Waals surface area contributed by atoms with Gasteiger partial charge in [0.05, 0.1) is 11.9 Å². The predicted molar refractivity (Wildman–Crippen MR) is 73.7 cm³/mol.